The fraction of sp³-hybridized carbons (Fsp3) is 0.450. The Morgan fingerprint density at radius 2 is 1.89 bits per heavy atom. The molecular formula is C20H24N6S. The van der Waals surface area contributed by atoms with Gasteiger partial charge in [0.15, 0.2) is 5.13 Å². The maximum Gasteiger partial charge on any atom is 0.185 e. The Hall–Kier alpha value is -2.09. The first kappa shape index (κ1) is 17.0. The number of nitrogens with zero attached hydrogens (tertiary/aromatic N) is 5. The topological polar surface area (TPSA) is 57.2 Å². The van der Waals surface area contributed by atoms with Crippen LogP contribution in [-0.4, -0.2) is 52.6 Å². The minimum Gasteiger partial charge on any atom is -0.346 e. The Balaban J connectivity index is 1.27. The van der Waals surface area contributed by atoms with Gasteiger partial charge in [-0.1, -0.05) is 6.07 Å². The summed E-state index contributed by atoms with van der Waals surface area (Å²) in [6, 6.07) is 6.84. The van der Waals surface area contributed by atoms with E-state index in [1.165, 1.54) is 21.3 Å². The molecule has 140 valence electrons. The van der Waals surface area contributed by atoms with Gasteiger partial charge in [-0.3, -0.25) is 14.9 Å². The lowest BCUT2D eigenvalue weighted by molar-refractivity contribution is 0.198. The number of hydrogen-bond acceptors (Lipinski definition) is 7. The molecule has 0 saturated carbocycles. The molecule has 4 heterocycles. The van der Waals surface area contributed by atoms with Crippen molar-refractivity contribution in [3.8, 4) is 0 Å². The largest absolute Gasteiger partial charge is 0.346 e. The van der Waals surface area contributed by atoms with E-state index in [2.05, 4.69) is 50.2 Å². The highest BCUT2D eigenvalue weighted by molar-refractivity contribution is 7.15. The van der Waals surface area contributed by atoms with Crippen LogP contribution in [0.5, 0.6) is 0 Å². The van der Waals surface area contributed by atoms with E-state index in [0.29, 0.717) is 6.04 Å². The van der Waals surface area contributed by atoms with Gasteiger partial charge in [-0.2, -0.15) is 0 Å². The van der Waals surface area contributed by atoms with Gasteiger partial charge in [-0.05, 0) is 24.6 Å². The van der Waals surface area contributed by atoms with Crippen molar-refractivity contribution in [3.63, 3.8) is 0 Å². The minimum absolute atomic E-state index is 0.382. The summed E-state index contributed by atoms with van der Waals surface area (Å²) in [6.07, 6.45) is 4.57. The molecular weight excluding hydrogens is 356 g/mol. The number of anilines is 1. The Kier molecular flexibility index (Phi) is 4.51. The molecule has 2 aliphatic heterocycles. The van der Waals surface area contributed by atoms with Crippen molar-refractivity contribution >= 4 is 27.5 Å². The van der Waals surface area contributed by atoms with Crippen LogP contribution in [0.25, 0.3) is 11.0 Å². The molecule has 2 aromatic heterocycles. The van der Waals surface area contributed by atoms with Gasteiger partial charge in [0.1, 0.15) is 0 Å². The van der Waals surface area contributed by atoms with Gasteiger partial charge in [0, 0.05) is 69.0 Å². The van der Waals surface area contributed by atoms with Crippen LogP contribution in [-0.2, 0) is 13.0 Å². The first-order valence-corrected chi connectivity index (χ1v) is 10.5. The van der Waals surface area contributed by atoms with E-state index in [1.54, 1.807) is 12.4 Å². The molecule has 1 N–H and O–H groups in total. The average Bonchev–Trinajstić information content (AvgIpc) is 3.17. The lowest BCUT2D eigenvalue weighted by atomic mass is 10.1. The van der Waals surface area contributed by atoms with Crippen molar-refractivity contribution in [2.45, 2.75) is 25.9 Å². The van der Waals surface area contributed by atoms with Crippen molar-refractivity contribution in [1.82, 2.24) is 25.2 Å². The molecule has 1 saturated heterocycles. The van der Waals surface area contributed by atoms with Crippen molar-refractivity contribution in [1.29, 1.82) is 0 Å². The van der Waals surface area contributed by atoms with E-state index in [1.807, 2.05) is 11.3 Å². The first-order chi connectivity index (χ1) is 13.3. The van der Waals surface area contributed by atoms with Gasteiger partial charge in [0.05, 0.1) is 16.7 Å². The number of nitrogens with one attached hydrogen (secondary N) is 1. The SMILES string of the molecule is CC(c1ccc2nccnc2c1)N1CCN(c2nc3c(s2)CNCC3)CC1. The summed E-state index contributed by atoms with van der Waals surface area (Å²) in [4.78, 5) is 20.2. The second kappa shape index (κ2) is 7.14. The third-order valence-electron chi connectivity index (χ3n) is 5.70. The molecule has 0 amide bonds. The quantitative estimate of drug-likeness (QED) is 0.754. The number of benzene rings is 1. The highest BCUT2D eigenvalue weighted by Crippen LogP contribution is 2.30. The van der Waals surface area contributed by atoms with Crippen LogP contribution in [0, 0.1) is 0 Å². The summed E-state index contributed by atoms with van der Waals surface area (Å²) in [5.74, 6) is 0. The number of rotatable bonds is 3. The van der Waals surface area contributed by atoms with Crippen LogP contribution < -0.4 is 10.2 Å². The Labute approximate surface area is 163 Å². The summed E-state index contributed by atoms with van der Waals surface area (Å²) >= 11 is 1.87. The van der Waals surface area contributed by atoms with Crippen LogP contribution in [0.4, 0.5) is 5.13 Å². The molecule has 5 rings (SSSR count). The van der Waals surface area contributed by atoms with Crippen LogP contribution in [0.2, 0.25) is 0 Å². The Bertz CT molecular complexity index is 923. The molecule has 2 aliphatic rings. The third kappa shape index (κ3) is 3.31. The number of hydrogen-bond donors (Lipinski definition) is 1. The van der Waals surface area contributed by atoms with Gasteiger partial charge in [0.25, 0.3) is 0 Å². The van der Waals surface area contributed by atoms with Crippen LogP contribution in [0.15, 0.2) is 30.6 Å². The molecule has 7 heteroatoms. The lowest BCUT2D eigenvalue weighted by Gasteiger charge is -2.38. The fourth-order valence-corrected chi connectivity index (χ4v) is 5.13. The first-order valence-electron chi connectivity index (χ1n) is 9.67. The Morgan fingerprint density at radius 3 is 2.70 bits per heavy atom. The van der Waals surface area contributed by atoms with E-state index in [0.717, 1.165) is 56.7 Å². The minimum atomic E-state index is 0.382. The lowest BCUT2D eigenvalue weighted by Crippen LogP contribution is -2.47. The molecule has 27 heavy (non-hydrogen) atoms. The molecule has 1 aromatic carbocycles. The number of aromatic nitrogens is 3. The predicted octanol–water partition coefficient (Wildman–Crippen LogP) is 2.62. The zero-order chi connectivity index (χ0) is 18.2. The molecule has 1 fully saturated rings. The van der Waals surface area contributed by atoms with E-state index < -0.39 is 0 Å². The van der Waals surface area contributed by atoms with Gasteiger partial charge in [0.2, 0.25) is 0 Å². The second-order valence-electron chi connectivity index (χ2n) is 7.30. The number of thiazole rings is 1. The molecule has 0 spiro atoms. The van der Waals surface area contributed by atoms with Gasteiger partial charge >= 0.3 is 0 Å². The number of piperazine rings is 1. The third-order valence-corrected chi connectivity index (χ3v) is 6.86. The molecule has 0 aliphatic carbocycles. The average molecular weight is 381 g/mol. The summed E-state index contributed by atoms with van der Waals surface area (Å²) in [5, 5.41) is 4.65. The Morgan fingerprint density at radius 1 is 1.07 bits per heavy atom. The zero-order valence-electron chi connectivity index (χ0n) is 15.6. The maximum absolute atomic E-state index is 4.91. The summed E-state index contributed by atoms with van der Waals surface area (Å²) in [5.41, 5.74) is 4.55. The highest BCUT2D eigenvalue weighted by atomic mass is 32.1. The standard InChI is InChI=1S/C20H24N6S/c1-14(15-2-3-16-18(12-15)23-7-6-22-16)25-8-10-26(11-9-25)20-24-17-4-5-21-13-19(17)27-20/h2-3,6-7,12,14,21H,4-5,8-11,13H2,1H3. The molecule has 0 radical (unpaired) electrons. The second-order valence-corrected chi connectivity index (χ2v) is 8.36. The van der Waals surface area contributed by atoms with Gasteiger partial charge < -0.3 is 10.2 Å². The summed E-state index contributed by atoms with van der Waals surface area (Å²) < 4.78 is 0. The summed E-state index contributed by atoms with van der Waals surface area (Å²) in [6.45, 7) is 8.52. The van der Waals surface area contributed by atoms with E-state index >= 15 is 0 Å². The van der Waals surface area contributed by atoms with Crippen molar-refractivity contribution in [3.05, 3.63) is 46.7 Å². The summed E-state index contributed by atoms with van der Waals surface area (Å²) in [7, 11) is 0. The van der Waals surface area contributed by atoms with Crippen molar-refractivity contribution in [2.24, 2.45) is 0 Å². The predicted molar refractivity (Wildman–Crippen MR) is 109 cm³/mol. The van der Waals surface area contributed by atoms with Gasteiger partial charge in [-0.25, -0.2) is 4.98 Å². The molecule has 1 atom stereocenters. The monoisotopic (exact) mass is 380 g/mol. The van der Waals surface area contributed by atoms with Crippen molar-refractivity contribution in [2.75, 3.05) is 37.6 Å². The normalized spacial score (nSPS) is 19.2. The smallest absolute Gasteiger partial charge is 0.185 e. The molecule has 3 aromatic rings. The highest BCUT2D eigenvalue weighted by Gasteiger charge is 2.25. The van der Waals surface area contributed by atoms with Crippen LogP contribution in [0.1, 0.15) is 29.1 Å². The van der Waals surface area contributed by atoms with E-state index in [-0.39, 0.29) is 0 Å². The van der Waals surface area contributed by atoms with E-state index in [4.69, 9.17) is 4.98 Å². The number of fused-ring (bicyclic) bond motifs is 2. The molecule has 1 unspecified atom stereocenters. The zero-order valence-corrected chi connectivity index (χ0v) is 16.4. The maximum atomic E-state index is 4.91. The molecule has 6 nitrogen and oxygen atoms in total. The fourth-order valence-electron chi connectivity index (χ4n) is 4.00. The van der Waals surface area contributed by atoms with Crippen LogP contribution >= 0.6 is 11.3 Å². The van der Waals surface area contributed by atoms with Crippen molar-refractivity contribution < 1.29 is 0 Å². The molecule has 0 bridgehead atoms. The van der Waals surface area contributed by atoms with Crippen LogP contribution in [0.3, 0.4) is 0 Å². The van der Waals surface area contributed by atoms with E-state index in [9.17, 15) is 0 Å². The van der Waals surface area contributed by atoms with Gasteiger partial charge in [-0.15, -0.1) is 11.3 Å².